The Bertz CT molecular complexity index is 1680. The van der Waals surface area contributed by atoms with Crippen LogP contribution in [0.3, 0.4) is 0 Å². The van der Waals surface area contributed by atoms with Gasteiger partial charge in [-0.3, -0.25) is 15.7 Å². The van der Waals surface area contributed by atoms with E-state index in [4.69, 9.17) is 31.9 Å². The minimum absolute atomic E-state index is 0.115. The largest absolute Gasteiger partial charge is 0.485 e. The van der Waals surface area contributed by atoms with Crippen LogP contribution >= 0.6 is 11.6 Å². The van der Waals surface area contributed by atoms with Gasteiger partial charge in [0.05, 0.1) is 6.54 Å². The Morgan fingerprint density at radius 3 is 2.58 bits per heavy atom. The van der Waals surface area contributed by atoms with Gasteiger partial charge in [0.15, 0.2) is 23.3 Å². The zero-order valence-electron chi connectivity index (χ0n) is 23.2. The smallest absolute Gasteiger partial charge is 0.448 e. The molecule has 1 fully saturated rings. The molecule has 4 heterocycles. The maximum absolute atomic E-state index is 12.7. The van der Waals surface area contributed by atoms with Crippen LogP contribution in [0.4, 0.5) is 13.2 Å². The fraction of sp³-hybridized carbons (Fsp3) is 0.333. The first-order chi connectivity index (χ1) is 20.6. The fourth-order valence-electron chi connectivity index (χ4n) is 5.56. The number of aryl methyl sites for hydroxylation is 1. The standard InChI is InChI=1S/C30H29ClF3N7O2/c1-40-25(38-22-13-19(14-37-28(22)40)27(35)39-29(36)30(32,33)34)15-41-11-9-17(10-12-41)21-3-2-4-23-26(21)42-16-24(43-23)18-5-7-20(31)8-6-18/h2-8,13-14,17,24H,9-12,15-16H2,1H3,(H3,35,36,39)/t24-/m0/s1. The molecule has 2 aliphatic rings. The Morgan fingerprint density at radius 2 is 1.86 bits per heavy atom. The Kier molecular flexibility index (Phi) is 7.74. The molecule has 4 aromatic rings. The van der Waals surface area contributed by atoms with Gasteiger partial charge in [0, 0.05) is 29.4 Å². The molecule has 2 aliphatic heterocycles. The average Bonchev–Trinajstić information content (AvgIpc) is 3.30. The minimum atomic E-state index is -4.86. The number of ether oxygens (including phenoxy) is 2. The lowest BCUT2D eigenvalue weighted by Gasteiger charge is -2.34. The summed E-state index contributed by atoms with van der Waals surface area (Å²) in [7, 11) is 1.85. The van der Waals surface area contributed by atoms with Crippen molar-refractivity contribution in [3.8, 4) is 11.5 Å². The summed E-state index contributed by atoms with van der Waals surface area (Å²) < 4.78 is 52.5. The van der Waals surface area contributed by atoms with Gasteiger partial charge in [-0.2, -0.15) is 13.2 Å². The zero-order valence-corrected chi connectivity index (χ0v) is 24.0. The van der Waals surface area contributed by atoms with Gasteiger partial charge in [0.2, 0.25) is 5.84 Å². The highest BCUT2D eigenvalue weighted by molar-refractivity contribution is 6.30. The van der Waals surface area contributed by atoms with E-state index in [0.29, 0.717) is 35.3 Å². The van der Waals surface area contributed by atoms with Crippen LogP contribution in [0.25, 0.3) is 11.2 Å². The molecule has 0 spiro atoms. The van der Waals surface area contributed by atoms with Gasteiger partial charge in [-0.1, -0.05) is 35.9 Å². The molecule has 6 rings (SSSR count). The third kappa shape index (κ3) is 6.02. The predicted molar refractivity (Wildman–Crippen MR) is 156 cm³/mol. The summed E-state index contributed by atoms with van der Waals surface area (Å²) in [6.45, 7) is 2.70. The molecule has 3 N–H and O–H groups in total. The molecule has 1 atom stereocenters. The van der Waals surface area contributed by atoms with Crippen LogP contribution < -0.4 is 14.8 Å². The molecular weight excluding hydrogens is 583 g/mol. The summed E-state index contributed by atoms with van der Waals surface area (Å²) in [5.74, 6) is 0.372. The molecule has 13 heteroatoms. The van der Waals surface area contributed by atoms with Crippen molar-refractivity contribution in [2.24, 2.45) is 7.05 Å². The predicted octanol–water partition coefficient (Wildman–Crippen LogP) is 5.97. The number of nitrogens with zero attached hydrogens (tertiary/aromatic N) is 4. The molecule has 0 unspecified atom stereocenters. The van der Waals surface area contributed by atoms with Crippen LogP contribution in [0.5, 0.6) is 11.5 Å². The zero-order chi connectivity index (χ0) is 30.3. The highest BCUT2D eigenvalue weighted by atomic mass is 35.5. The van der Waals surface area contributed by atoms with Gasteiger partial charge in [0.1, 0.15) is 23.8 Å². The molecule has 43 heavy (non-hydrogen) atoms. The normalized spacial score (nSPS) is 17.7. The quantitative estimate of drug-likeness (QED) is 0.189. The first-order valence-corrected chi connectivity index (χ1v) is 14.2. The molecule has 224 valence electrons. The number of halogens is 4. The third-order valence-electron chi connectivity index (χ3n) is 7.92. The molecule has 1 saturated heterocycles. The van der Waals surface area contributed by atoms with Crippen LogP contribution in [0.15, 0.2) is 54.7 Å². The van der Waals surface area contributed by atoms with Crippen LogP contribution in [-0.4, -0.2) is 57.0 Å². The van der Waals surface area contributed by atoms with Crippen molar-refractivity contribution < 1.29 is 22.6 Å². The van der Waals surface area contributed by atoms with Crippen LogP contribution in [-0.2, 0) is 13.6 Å². The van der Waals surface area contributed by atoms with Crippen molar-refractivity contribution in [3.63, 3.8) is 0 Å². The van der Waals surface area contributed by atoms with Crippen molar-refractivity contribution in [1.82, 2.24) is 24.8 Å². The highest BCUT2D eigenvalue weighted by Gasteiger charge is 2.35. The van der Waals surface area contributed by atoms with Crippen molar-refractivity contribution in [3.05, 3.63) is 82.3 Å². The number of rotatable bonds is 5. The van der Waals surface area contributed by atoms with E-state index in [-0.39, 0.29) is 11.7 Å². The van der Waals surface area contributed by atoms with Gasteiger partial charge in [-0.25, -0.2) is 9.97 Å². The van der Waals surface area contributed by atoms with Crippen LogP contribution in [0.1, 0.15) is 47.4 Å². The van der Waals surface area contributed by atoms with Gasteiger partial charge >= 0.3 is 6.18 Å². The number of para-hydroxylation sites is 1. The second-order valence-corrected chi connectivity index (χ2v) is 11.2. The molecule has 0 bridgehead atoms. The summed E-state index contributed by atoms with van der Waals surface area (Å²) >= 11 is 6.03. The van der Waals surface area contributed by atoms with Crippen molar-refractivity contribution >= 4 is 34.4 Å². The summed E-state index contributed by atoms with van der Waals surface area (Å²) in [5, 5.41) is 17.5. The number of piperidine rings is 1. The number of aromatic nitrogens is 3. The van der Waals surface area contributed by atoms with Gasteiger partial charge in [0.25, 0.3) is 0 Å². The van der Waals surface area contributed by atoms with E-state index >= 15 is 0 Å². The highest BCUT2D eigenvalue weighted by Crippen LogP contribution is 2.44. The summed E-state index contributed by atoms with van der Waals surface area (Å²) in [6, 6.07) is 15.2. The summed E-state index contributed by atoms with van der Waals surface area (Å²) in [4.78, 5) is 11.3. The lowest BCUT2D eigenvalue weighted by atomic mass is 9.88. The van der Waals surface area contributed by atoms with Crippen molar-refractivity contribution in [2.45, 2.75) is 37.6 Å². The number of pyridine rings is 1. The van der Waals surface area contributed by atoms with E-state index < -0.39 is 17.8 Å². The average molecular weight is 612 g/mol. The number of hydrogen-bond acceptors (Lipinski definition) is 7. The fourth-order valence-corrected chi connectivity index (χ4v) is 5.69. The molecule has 2 aromatic heterocycles. The number of hydrogen-bond donors (Lipinski definition) is 3. The third-order valence-corrected chi connectivity index (χ3v) is 8.17. The maximum atomic E-state index is 12.7. The lowest BCUT2D eigenvalue weighted by molar-refractivity contribution is -0.0617. The second-order valence-electron chi connectivity index (χ2n) is 10.7. The van der Waals surface area contributed by atoms with Gasteiger partial charge in [-0.05, 0) is 61.7 Å². The number of nitrogens with one attached hydrogen (secondary N) is 3. The molecule has 0 aliphatic carbocycles. The van der Waals surface area contributed by atoms with Crippen LogP contribution in [0, 0.1) is 10.8 Å². The second kappa shape index (κ2) is 11.5. The van der Waals surface area contributed by atoms with E-state index in [2.05, 4.69) is 20.9 Å². The molecule has 0 radical (unpaired) electrons. The maximum Gasteiger partial charge on any atom is 0.448 e. The Morgan fingerprint density at radius 1 is 1.12 bits per heavy atom. The molecule has 0 amide bonds. The summed E-state index contributed by atoms with van der Waals surface area (Å²) in [5.41, 5.74) is 3.32. The van der Waals surface area contributed by atoms with E-state index in [1.165, 1.54) is 12.3 Å². The Labute approximate surface area is 250 Å². The first-order valence-electron chi connectivity index (χ1n) is 13.8. The monoisotopic (exact) mass is 611 g/mol. The number of fused-ring (bicyclic) bond motifs is 2. The van der Waals surface area contributed by atoms with E-state index in [1.807, 2.05) is 48.0 Å². The van der Waals surface area contributed by atoms with Crippen molar-refractivity contribution in [1.29, 1.82) is 10.8 Å². The van der Waals surface area contributed by atoms with Crippen molar-refractivity contribution in [2.75, 3.05) is 19.7 Å². The molecular formula is C30H29ClF3N7O2. The SMILES string of the molecule is Cn1c(CN2CCC(c3cccc4c3OC[C@@H](c3ccc(Cl)cc3)O4)CC2)nc2cc(C(=N)NC(=N)C(F)(F)F)cnc21. The van der Waals surface area contributed by atoms with E-state index in [0.717, 1.165) is 54.4 Å². The van der Waals surface area contributed by atoms with E-state index in [9.17, 15) is 13.2 Å². The number of benzene rings is 2. The number of likely N-dealkylation sites (tertiary alicyclic amines) is 1. The molecule has 0 saturated carbocycles. The molecule has 9 nitrogen and oxygen atoms in total. The van der Waals surface area contributed by atoms with Gasteiger partial charge in [-0.15, -0.1) is 0 Å². The number of alkyl halides is 3. The Balaban J connectivity index is 1.10. The lowest BCUT2D eigenvalue weighted by Crippen LogP contribution is -2.40. The van der Waals surface area contributed by atoms with E-state index in [1.54, 1.807) is 5.32 Å². The number of amidine groups is 2. The molecule has 2 aromatic carbocycles. The topological polar surface area (TPSA) is 112 Å². The minimum Gasteiger partial charge on any atom is -0.485 e. The summed E-state index contributed by atoms with van der Waals surface area (Å²) in [6.07, 6.45) is -1.89. The van der Waals surface area contributed by atoms with Gasteiger partial charge < -0.3 is 19.4 Å². The first kappa shape index (κ1) is 28.9. The number of imidazole rings is 1. The Hall–Kier alpha value is -4.16. The van der Waals surface area contributed by atoms with Crippen LogP contribution in [0.2, 0.25) is 5.02 Å².